The van der Waals surface area contributed by atoms with Crippen LogP contribution in [0.4, 0.5) is 5.69 Å². The summed E-state index contributed by atoms with van der Waals surface area (Å²) in [6, 6.07) is 3.99. The van der Waals surface area contributed by atoms with Gasteiger partial charge in [-0.25, -0.2) is 10.1 Å². The largest absolute Gasteiger partial charge is 0.348 e. The van der Waals surface area contributed by atoms with Gasteiger partial charge in [0.2, 0.25) is 6.20 Å². The van der Waals surface area contributed by atoms with Crippen LogP contribution in [0.5, 0.6) is 0 Å². The number of pyridine rings is 2. The Labute approximate surface area is 159 Å². The second-order valence-electron chi connectivity index (χ2n) is 6.31. The molecule has 0 aliphatic rings. The lowest BCUT2D eigenvalue weighted by atomic mass is 10.3. The molecule has 5 rings (SSSR count). The Morgan fingerprint density at radius 3 is 2.82 bits per heavy atom. The molecular formula is C19H17N9+2. The molecule has 0 spiro atoms. The third-order valence-electron chi connectivity index (χ3n) is 4.50. The van der Waals surface area contributed by atoms with Crippen LogP contribution in [0.15, 0.2) is 54.2 Å². The Hall–Kier alpha value is -4.14. The van der Waals surface area contributed by atoms with Crippen LogP contribution in [-0.2, 0) is 0 Å². The van der Waals surface area contributed by atoms with Gasteiger partial charge in [-0.2, -0.15) is 10.2 Å². The van der Waals surface area contributed by atoms with Crippen molar-refractivity contribution in [3.05, 3.63) is 54.9 Å². The van der Waals surface area contributed by atoms with Crippen molar-refractivity contribution in [1.82, 2.24) is 30.4 Å². The second kappa shape index (κ2) is 6.23. The number of aromatic amines is 3. The summed E-state index contributed by atoms with van der Waals surface area (Å²) in [6.07, 6.45) is 13.1. The van der Waals surface area contributed by atoms with Crippen LogP contribution in [0.3, 0.4) is 0 Å². The minimum Gasteiger partial charge on any atom is -0.261 e. The maximum absolute atomic E-state index is 4.56. The minimum atomic E-state index is 0.741. The predicted octanol–water partition coefficient (Wildman–Crippen LogP) is 2.08. The molecule has 0 radical (unpaired) electrons. The first kappa shape index (κ1) is 16.1. The molecule has 9 heteroatoms. The molecule has 0 aliphatic carbocycles. The highest BCUT2D eigenvalue weighted by molar-refractivity contribution is 5.77. The van der Waals surface area contributed by atoms with Crippen molar-refractivity contribution < 1.29 is 9.36 Å². The van der Waals surface area contributed by atoms with E-state index >= 15 is 0 Å². The van der Waals surface area contributed by atoms with Crippen molar-refractivity contribution in [3.8, 4) is 11.5 Å². The van der Waals surface area contributed by atoms with Crippen LogP contribution in [0, 0.1) is 0 Å². The van der Waals surface area contributed by atoms with Gasteiger partial charge in [-0.05, 0) is 24.7 Å². The van der Waals surface area contributed by atoms with E-state index in [1.54, 1.807) is 12.4 Å². The zero-order chi connectivity index (χ0) is 19.1. The lowest BCUT2D eigenvalue weighted by molar-refractivity contribution is -0.659. The van der Waals surface area contributed by atoms with E-state index in [0.29, 0.717) is 0 Å². The SMILES string of the molecule is C=Nc1c[n+](-c2cc3[nH][n+](-c4cnc5[nH]ncc5c4)cc3cn2)[nH]c1/C=C\C. The Morgan fingerprint density at radius 2 is 1.96 bits per heavy atom. The van der Waals surface area contributed by atoms with E-state index in [-0.39, 0.29) is 0 Å². The van der Waals surface area contributed by atoms with E-state index in [0.717, 1.165) is 44.8 Å². The number of hydrogen-bond acceptors (Lipinski definition) is 4. The first-order valence-electron chi connectivity index (χ1n) is 8.69. The van der Waals surface area contributed by atoms with E-state index in [9.17, 15) is 0 Å². The molecule has 136 valence electrons. The topological polar surface area (TPSA) is 106 Å². The number of rotatable bonds is 4. The molecule has 0 fully saturated rings. The van der Waals surface area contributed by atoms with Crippen molar-refractivity contribution in [2.45, 2.75) is 6.92 Å². The molecule has 9 nitrogen and oxygen atoms in total. The summed E-state index contributed by atoms with van der Waals surface area (Å²) in [5, 5.41) is 15.4. The van der Waals surface area contributed by atoms with E-state index in [2.05, 4.69) is 42.1 Å². The van der Waals surface area contributed by atoms with Crippen molar-refractivity contribution in [2.24, 2.45) is 4.99 Å². The van der Waals surface area contributed by atoms with Gasteiger partial charge < -0.3 is 0 Å². The highest BCUT2D eigenvalue weighted by atomic mass is 15.3. The number of aliphatic imine (C=N–C) groups is 1. The smallest absolute Gasteiger partial charge is 0.261 e. The highest BCUT2D eigenvalue weighted by Crippen LogP contribution is 2.17. The third-order valence-corrected chi connectivity index (χ3v) is 4.50. The summed E-state index contributed by atoms with van der Waals surface area (Å²) >= 11 is 0. The van der Waals surface area contributed by atoms with Crippen LogP contribution in [0.2, 0.25) is 0 Å². The Kier molecular flexibility index (Phi) is 3.58. The zero-order valence-electron chi connectivity index (χ0n) is 15.1. The minimum absolute atomic E-state index is 0.741. The number of hydrogen-bond donors (Lipinski definition) is 3. The molecule has 0 amide bonds. The van der Waals surface area contributed by atoms with Crippen LogP contribution >= 0.6 is 0 Å². The Balaban J connectivity index is 1.57. The second-order valence-corrected chi connectivity index (χ2v) is 6.31. The number of nitrogens with zero attached hydrogens (tertiary/aromatic N) is 6. The normalized spacial score (nSPS) is 11.8. The summed E-state index contributed by atoms with van der Waals surface area (Å²) in [4.78, 5) is 13.0. The van der Waals surface area contributed by atoms with Crippen molar-refractivity contribution >= 4 is 40.4 Å². The summed E-state index contributed by atoms with van der Waals surface area (Å²) in [7, 11) is 0. The Morgan fingerprint density at radius 1 is 1.04 bits per heavy atom. The fraction of sp³-hybridized carbons (Fsp3) is 0.0526. The van der Waals surface area contributed by atoms with Crippen molar-refractivity contribution in [3.63, 3.8) is 0 Å². The van der Waals surface area contributed by atoms with E-state index in [1.807, 2.05) is 59.2 Å². The number of allylic oxidation sites excluding steroid dienone is 1. The van der Waals surface area contributed by atoms with Crippen LogP contribution in [-0.4, -0.2) is 37.1 Å². The summed E-state index contributed by atoms with van der Waals surface area (Å²) in [6.45, 7) is 5.58. The standard InChI is InChI=1S/C19H15N9/c1-3-4-15-17(20-2)11-28(25-15)18-6-16-13(7-21-18)10-27(26-16)14-5-12-8-23-24-19(12)22-9-14/h3-11H,2H2,1H3,(H,22,23,24)/p+2/b4-3-. The molecule has 28 heavy (non-hydrogen) atoms. The zero-order valence-corrected chi connectivity index (χ0v) is 15.1. The summed E-state index contributed by atoms with van der Waals surface area (Å²) in [5.74, 6) is 0.741. The molecule has 0 saturated heterocycles. The van der Waals surface area contributed by atoms with Gasteiger partial charge in [0.25, 0.3) is 5.69 Å². The number of nitrogens with one attached hydrogen (secondary N) is 3. The lowest BCUT2D eigenvalue weighted by Gasteiger charge is -1.91. The number of fused-ring (bicyclic) bond motifs is 2. The fourth-order valence-corrected chi connectivity index (χ4v) is 3.13. The molecule has 0 aromatic carbocycles. The molecular weight excluding hydrogens is 354 g/mol. The van der Waals surface area contributed by atoms with Crippen molar-refractivity contribution in [1.29, 1.82) is 0 Å². The van der Waals surface area contributed by atoms with Gasteiger partial charge >= 0.3 is 5.82 Å². The van der Waals surface area contributed by atoms with Gasteiger partial charge in [0, 0.05) is 11.5 Å². The Bertz CT molecular complexity index is 1350. The van der Waals surface area contributed by atoms with Crippen LogP contribution < -0.4 is 9.36 Å². The lowest BCUT2D eigenvalue weighted by Crippen LogP contribution is -2.33. The summed E-state index contributed by atoms with van der Waals surface area (Å²) in [5.41, 5.74) is 4.25. The quantitative estimate of drug-likeness (QED) is 0.333. The molecule has 0 unspecified atom stereocenters. The molecule has 0 bridgehead atoms. The van der Waals surface area contributed by atoms with Gasteiger partial charge in [-0.15, -0.1) is 4.68 Å². The summed E-state index contributed by atoms with van der Waals surface area (Å²) < 4.78 is 3.74. The number of H-pyrrole nitrogens is 3. The van der Waals surface area contributed by atoms with Gasteiger partial charge in [0.1, 0.15) is 34.7 Å². The maximum Gasteiger partial charge on any atom is 0.348 e. The fourth-order valence-electron chi connectivity index (χ4n) is 3.13. The average Bonchev–Trinajstić information content (AvgIpc) is 3.44. The molecule has 3 N–H and O–H groups in total. The maximum atomic E-state index is 4.56. The molecule has 0 saturated carbocycles. The van der Waals surface area contributed by atoms with Crippen LogP contribution in [0.25, 0.3) is 39.5 Å². The molecule has 0 atom stereocenters. The average molecular weight is 371 g/mol. The molecule has 5 aromatic heterocycles. The molecule has 5 aromatic rings. The van der Waals surface area contributed by atoms with E-state index < -0.39 is 0 Å². The number of aromatic nitrogens is 8. The van der Waals surface area contributed by atoms with Gasteiger partial charge in [0.15, 0.2) is 11.8 Å². The van der Waals surface area contributed by atoms with Gasteiger partial charge in [-0.3, -0.25) is 10.1 Å². The van der Waals surface area contributed by atoms with E-state index in [4.69, 9.17) is 0 Å². The first-order valence-corrected chi connectivity index (χ1v) is 8.69. The van der Waals surface area contributed by atoms with Gasteiger partial charge in [0.05, 0.1) is 12.3 Å². The third kappa shape index (κ3) is 2.57. The molecule has 0 aliphatic heterocycles. The highest BCUT2D eigenvalue weighted by Gasteiger charge is 2.19. The predicted molar refractivity (Wildman–Crippen MR) is 105 cm³/mol. The van der Waals surface area contributed by atoms with Crippen molar-refractivity contribution in [2.75, 3.05) is 0 Å². The monoisotopic (exact) mass is 371 g/mol. The molecule has 5 heterocycles. The van der Waals surface area contributed by atoms with Gasteiger partial charge in [-0.1, -0.05) is 10.8 Å². The van der Waals surface area contributed by atoms with E-state index in [1.165, 1.54) is 0 Å². The first-order chi connectivity index (χ1) is 13.7. The van der Waals surface area contributed by atoms with Crippen LogP contribution in [0.1, 0.15) is 12.6 Å².